The number of anilines is 1. The number of fused-ring (bicyclic) bond motifs is 1. The van der Waals surface area contributed by atoms with Gasteiger partial charge in [-0.3, -0.25) is 14.3 Å². The predicted molar refractivity (Wildman–Crippen MR) is 69.7 cm³/mol. The second-order valence-electron chi connectivity index (χ2n) is 4.27. The molecule has 2 aromatic heterocycles. The maximum absolute atomic E-state index is 11.9. The fourth-order valence-electron chi connectivity index (χ4n) is 2.07. The number of hydrogen-bond acceptors (Lipinski definition) is 4. The van der Waals surface area contributed by atoms with Crippen molar-refractivity contribution in [1.29, 1.82) is 0 Å². The Morgan fingerprint density at radius 2 is 2.06 bits per heavy atom. The van der Waals surface area contributed by atoms with E-state index in [4.69, 9.17) is 5.73 Å². The topological polar surface area (TPSA) is 98.7 Å². The second kappa shape index (κ2) is 4.32. The van der Waals surface area contributed by atoms with Crippen LogP contribution in [0.5, 0.6) is 0 Å². The molecule has 18 heavy (non-hydrogen) atoms. The molecule has 0 aromatic carbocycles. The van der Waals surface area contributed by atoms with Crippen LogP contribution in [0.15, 0.2) is 9.59 Å². The number of H-pyrrole nitrogens is 1. The van der Waals surface area contributed by atoms with Gasteiger partial charge in [-0.05, 0) is 20.3 Å². The van der Waals surface area contributed by atoms with E-state index in [1.165, 1.54) is 4.57 Å². The molecule has 7 heteroatoms. The second-order valence-corrected chi connectivity index (χ2v) is 4.27. The molecular formula is C11H17N5O2. The van der Waals surface area contributed by atoms with Crippen LogP contribution in [0.25, 0.3) is 11.2 Å². The summed E-state index contributed by atoms with van der Waals surface area (Å²) in [5.41, 5.74) is 5.61. The fraction of sp³-hybridized carbons (Fsp3) is 0.545. The van der Waals surface area contributed by atoms with Crippen molar-refractivity contribution in [2.24, 2.45) is 0 Å². The molecular weight excluding hydrogens is 234 g/mol. The molecule has 1 unspecified atom stereocenters. The minimum Gasteiger partial charge on any atom is -0.369 e. The first-order chi connectivity index (χ1) is 8.51. The van der Waals surface area contributed by atoms with Crippen molar-refractivity contribution in [1.82, 2.24) is 19.1 Å². The normalized spacial score (nSPS) is 13.1. The van der Waals surface area contributed by atoms with Gasteiger partial charge in [0.2, 0.25) is 5.95 Å². The highest BCUT2D eigenvalue weighted by Crippen LogP contribution is 2.17. The number of nitrogens with zero attached hydrogens (tertiary/aromatic N) is 3. The summed E-state index contributed by atoms with van der Waals surface area (Å²) in [6, 6.07) is -0.0449. The van der Waals surface area contributed by atoms with Gasteiger partial charge in [-0.1, -0.05) is 6.92 Å². The van der Waals surface area contributed by atoms with Crippen LogP contribution in [0.4, 0.5) is 5.95 Å². The van der Waals surface area contributed by atoms with E-state index in [1.807, 2.05) is 20.8 Å². The summed E-state index contributed by atoms with van der Waals surface area (Å²) in [7, 11) is 0. The van der Waals surface area contributed by atoms with E-state index in [9.17, 15) is 9.59 Å². The molecule has 3 N–H and O–H groups in total. The van der Waals surface area contributed by atoms with E-state index >= 15 is 0 Å². The smallest absolute Gasteiger partial charge is 0.330 e. The molecule has 0 aliphatic heterocycles. The number of imidazole rings is 1. The molecule has 0 bridgehead atoms. The van der Waals surface area contributed by atoms with Crippen LogP contribution in [0.1, 0.15) is 33.2 Å². The Hall–Kier alpha value is -2.05. The van der Waals surface area contributed by atoms with Gasteiger partial charge in [-0.25, -0.2) is 4.79 Å². The zero-order chi connectivity index (χ0) is 13.4. The standard InChI is InChI=1S/C11H17N5O2/c1-4-6(3)16-8-7(9(17)14-11(16)18)15(5-2)10(12)13-8/h6H,4-5H2,1-3H3,(H2,12,13)(H,14,17,18). The van der Waals surface area contributed by atoms with Gasteiger partial charge in [0.05, 0.1) is 0 Å². The van der Waals surface area contributed by atoms with Crippen molar-refractivity contribution in [3.8, 4) is 0 Å². The third kappa shape index (κ3) is 1.62. The van der Waals surface area contributed by atoms with E-state index in [0.29, 0.717) is 17.7 Å². The summed E-state index contributed by atoms with van der Waals surface area (Å²) in [5, 5.41) is 0. The van der Waals surface area contributed by atoms with Crippen LogP contribution < -0.4 is 17.0 Å². The highest BCUT2D eigenvalue weighted by Gasteiger charge is 2.18. The first-order valence-corrected chi connectivity index (χ1v) is 6.01. The van der Waals surface area contributed by atoms with Gasteiger partial charge >= 0.3 is 5.69 Å². The zero-order valence-electron chi connectivity index (χ0n) is 10.7. The zero-order valence-corrected chi connectivity index (χ0v) is 10.7. The van der Waals surface area contributed by atoms with Gasteiger partial charge in [-0.15, -0.1) is 0 Å². The monoisotopic (exact) mass is 251 g/mol. The van der Waals surface area contributed by atoms with Crippen molar-refractivity contribution in [2.75, 3.05) is 5.73 Å². The van der Waals surface area contributed by atoms with Gasteiger partial charge in [0, 0.05) is 12.6 Å². The average molecular weight is 251 g/mol. The van der Waals surface area contributed by atoms with Gasteiger partial charge in [0.25, 0.3) is 5.56 Å². The maximum Gasteiger partial charge on any atom is 0.330 e. The van der Waals surface area contributed by atoms with E-state index in [0.717, 1.165) is 6.42 Å². The number of aromatic amines is 1. The van der Waals surface area contributed by atoms with Crippen molar-refractivity contribution in [3.63, 3.8) is 0 Å². The molecule has 0 aliphatic rings. The Morgan fingerprint density at radius 3 is 2.61 bits per heavy atom. The molecule has 0 saturated heterocycles. The largest absolute Gasteiger partial charge is 0.369 e. The van der Waals surface area contributed by atoms with Crippen LogP contribution in [0.2, 0.25) is 0 Å². The highest BCUT2D eigenvalue weighted by atomic mass is 16.2. The molecule has 0 amide bonds. The average Bonchev–Trinajstić information content (AvgIpc) is 2.65. The molecule has 0 aliphatic carbocycles. The summed E-state index contributed by atoms with van der Waals surface area (Å²) < 4.78 is 3.09. The summed E-state index contributed by atoms with van der Waals surface area (Å²) in [5.74, 6) is 0.251. The molecule has 0 spiro atoms. The molecule has 0 saturated carbocycles. The van der Waals surface area contributed by atoms with Crippen LogP contribution in [-0.2, 0) is 6.54 Å². The molecule has 7 nitrogen and oxygen atoms in total. The van der Waals surface area contributed by atoms with E-state index < -0.39 is 11.2 Å². The lowest BCUT2D eigenvalue weighted by Gasteiger charge is -2.12. The summed E-state index contributed by atoms with van der Waals surface area (Å²) in [4.78, 5) is 30.2. The van der Waals surface area contributed by atoms with Crippen molar-refractivity contribution >= 4 is 17.1 Å². The molecule has 2 rings (SSSR count). The number of aromatic nitrogens is 4. The Morgan fingerprint density at radius 1 is 1.39 bits per heavy atom. The Bertz CT molecular complexity index is 694. The Labute approximate surface area is 103 Å². The third-order valence-electron chi connectivity index (χ3n) is 3.21. The van der Waals surface area contributed by atoms with Crippen LogP contribution in [0, 0.1) is 0 Å². The molecule has 0 radical (unpaired) electrons. The third-order valence-corrected chi connectivity index (χ3v) is 3.21. The fourth-order valence-corrected chi connectivity index (χ4v) is 2.07. The van der Waals surface area contributed by atoms with Crippen molar-refractivity contribution in [3.05, 3.63) is 20.8 Å². The van der Waals surface area contributed by atoms with Crippen LogP contribution >= 0.6 is 0 Å². The number of rotatable bonds is 3. The van der Waals surface area contributed by atoms with Gasteiger partial charge in [-0.2, -0.15) is 4.98 Å². The first-order valence-electron chi connectivity index (χ1n) is 6.01. The molecule has 0 fully saturated rings. The van der Waals surface area contributed by atoms with Gasteiger partial charge in [0.1, 0.15) is 0 Å². The molecule has 2 heterocycles. The summed E-state index contributed by atoms with van der Waals surface area (Å²) in [6.45, 7) is 6.27. The number of nitrogens with two attached hydrogens (primary N) is 1. The van der Waals surface area contributed by atoms with Crippen molar-refractivity contribution < 1.29 is 0 Å². The van der Waals surface area contributed by atoms with Gasteiger partial charge < -0.3 is 10.3 Å². The quantitative estimate of drug-likeness (QED) is 0.827. The summed E-state index contributed by atoms with van der Waals surface area (Å²) >= 11 is 0. The molecule has 98 valence electrons. The Balaban J connectivity index is 2.96. The lowest BCUT2D eigenvalue weighted by Crippen LogP contribution is -2.32. The molecule has 2 aromatic rings. The number of hydrogen-bond donors (Lipinski definition) is 2. The van der Waals surface area contributed by atoms with Crippen molar-refractivity contribution in [2.45, 2.75) is 39.8 Å². The first kappa shape index (κ1) is 12.4. The SMILES string of the molecule is CCC(C)n1c(=O)[nH]c(=O)c2c1nc(N)n2CC. The summed E-state index contributed by atoms with van der Waals surface area (Å²) in [6.07, 6.45) is 0.764. The van der Waals surface area contributed by atoms with E-state index in [2.05, 4.69) is 9.97 Å². The Kier molecular flexibility index (Phi) is 2.98. The number of nitrogen functional groups attached to an aromatic ring is 1. The lowest BCUT2D eigenvalue weighted by molar-refractivity contribution is 0.517. The minimum absolute atomic E-state index is 0.0449. The minimum atomic E-state index is -0.444. The van der Waals surface area contributed by atoms with Gasteiger partial charge in [0.15, 0.2) is 11.2 Å². The van der Waals surface area contributed by atoms with E-state index in [1.54, 1.807) is 4.57 Å². The lowest BCUT2D eigenvalue weighted by atomic mass is 10.2. The van der Waals surface area contributed by atoms with E-state index in [-0.39, 0.29) is 12.0 Å². The highest BCUT2D eigenvalue weighted by molar-refractivity contribution is 5.73. The maximum atomic E-state index is 11.9. The molecule has 1 atom stereocenters. The van der Waals surface area contributed by atoms with Crippen LogP contribution in [0.3, 0.4) is 0 Å². The predicted octanol–water partition coefficient (Wildman–Crippen LogP) is 0.459. The number of aryl methyl sites for hydroxylation is 1. The van der Waals surface area contributed by atoms with Crippen LogP contribution in [-0.4, -0.2) is 19.1 Å². The number of nitrogens with one attached hydrogen (secondary N) is 1.